The lowest BCUT2D eigenvalue weighted by Crippen LogP contribution is -2.39. The van der Waals surface area contributed by atoms with E-state index in [1.807, 2.05) is 0 Å². The zero-order chi connectivity index (χ0) is 15.0. The smallest absolute Gasteiger partial charge is 0.335 e. The van der Waals surface area contributed by atoms with Crippen LogP contribution in [0.15, 0.2) is 33.9 Å². The van der Waals surface area contributed by atoms with Crippen LogP contribution in [0.4, 0.5) is 0 Å². The lowest BCUT2D eigenvalue weighted by atomic mass is 10.0. The van der Waals surface area contributed by atoms with Crippen molar-refractivity contribution in [3.8, 4) is 11.1 Å². The number of carboxylic acids is 1. The van der Waals surface area contributed by atoms with Crippen LogP contribution in [0.1, 0.15) is 16.1 Å². The predicted octanol–water partition coefficient (Wildman–Crippen LogP) is 0.758. The second-order valence-electron chi connectivity index (χ2n) is 4.55. The number of benzene rings is 1. The normalized spacial score (nSPS) is 10.6. The van der Waals surface area contributed by atoms with Gasteiger partial charge in [-0.05, 0) is 24.6 Å². The van der Waals surface area contributed by atoms with E-state index in [9.17, 15) is 14.4 Å². The third kappa shape index (κ3) is 2.05. The van der Waals surface area contributed by atoms with Gasteiger partial charge < -0.3 is 9.67 Å². The molecule has 6 heteroatoms. The molecule has 0 aliphatic rings. The first-order valence-electron chi connectivity index (χ1n) is 5.95. The minimum atomic E-state index is -1.03. The predicted molar refractivity (Wildman–Crippen MR) is 74.1 cm³/mol. The molecule has 1 heterocycles. The molecule has 2 aromatic rings. The van der Waals surface area contributed by atoms with Crippen LogP contribution in [0.3, 0.4) is 0 Å². The molecule has 6 nitrogen and oxygen atoms in total. The molecule has 1 aromatic carbocycles. The maximum atomic E-state index is 12.2. The summed E-state index contributed by atoms with van der Waals surface area (Å²) < 4.78 is 2.43. The Bertz CT molecular complexity index is 798. The zero-order valence-electron chi connectivity index (χ0n) is 11.4. The van der Waals surface area contributed by atoms with E-state index in [-0.39, 0.29) is 5.56 Å². The van der Waals surface area contributed by atoms with E-state index in [0.717, 1.165) is 4.57 Å². The Kier molecular flexibility index (Phi) is 3.31. The van der Waals surface area contributed by atoms with Crippen molar-refractivity contribution in [2.75, 3.05) is 0 Å². The highest BCUT2D eigenvalue weighted by Gasteiger charge is 2.14. The summed E-state index contributed by atoms with van der Waals surface area (Å²) in [6, 6.07) is 6.00. The summed E-state index contributed by atoms with van der Waals surface area (Å²) in [4.78, 5) is 34.8. The maximum Gasteiger partial charge on any atom is 0.335 e. The lowest BCUT2D eigenvalue weighted by Gasteiger charge is -2.12. The van der Waals surface area contributed by atoms with Crippen LogP contribution >= 0.6 is 0 Å². The molecule has 0 aliphatic carbocycles. The fourth-order valence-corrected chi connectivity index (χ4v) is 2.06. The molecule has 2 rings (SSSR count). The van der Waals surface area contributed by atoms with Crippen LogP contribution in [-0.4, -0.2) is 20.2 Å². The van der Waals surface area contributed by atoms with Gasteiger partial charge in [0.05, 0.1) is 11.1 Å². The minimum Gasteiger partial charge on any atom is -0.478 e. The standard InChI is InChI=1S/C14H14N2O4/c1-8-11(12(17)16(3)14(20)15(8)2)9-4-6-10(7-5-9)13(18)19/h4-7H,1-3H3,(H,18,19). The van der Waals surface area contributed by atoms with Gasteiger partial charge in [0.2, 0.25) is 0 Å². The van der Waals surface area contributed by atoms with Crippen molar-refractivity contribution in [3.05, 3.63) is 56.4 Å². The first-order valence-corrected chi connectivity index (χ1v) is 5.95. The summed E-state index contributed by atoms with van der Waals surface area (Å²) in [5.41, 5.74) is 0.886. The number of carbonyl (C=O) groups is 1. The van der Waals surface area contributed by atoms with Crippen molar-refractivity contribution in [2.45, 2.75) is 6.92 Å². The van der Waals surface area contributed by atoms with Gasteiger partial charge in [-0.2, -0.15) is 0 Å². The van der Waals surface area contributed by atoms with Crippen molar-refractivity contribution < 1.29 is 9.90 Å². The molecule has 0 aliphatic heterocycles. The van der Waals surface area contributed by atoms with Gasteiger partial charge in [-0.3, -0.25) is 9.36 Å². The molecule has 104 valence electrons. The van der Waals surface area contributed by atoms with E-state index in [0.29, 0.717) is 16.8 Å². The van der Waals surface area contributed by atoms with Gasteiger partial charge in [0.15, 0.2) is 0 Å². The average Bonchev–Trinajstić information content (AvgIpc) is 2.44. The molecule has 0 unspecified atom stereocenters. The van der Waals surface area contributed by atoms with Gasteiger partial charge in [-0.1, -0.05) is 12.1 Å². The van der Waals surface area contributed by atoms with Gasteiger partial charge in [0.25, 0.3) is 5.56 Å². The molecular weight excluding hydrogens is 260 g/mol. The number of rotatable bonds is 2. The Hall–Kier alpha value is -2.63. The molecule has 0 atom stereocenters. The Balaban J connectivity index is 2.73. The Labute approximate surface area is 114 Å². The first-order chi connectivity index (χ1) is 9.34. The zero-order valence-corrected chi connectivity index (χ0v) is 11.4. The van der Waals surface area contributed by atoms with Crippen LogP contribution in [0, 0.1) is 6.92 Å². The lowest BCUT2D eigenvalue weighted by molar-refractivity contribution is 0.0697. The molecular formula is C14H14N2O4. The number of carboxylic acid groups (broad SMARTS) is 1. The fraction of sp³-hybridized carbons (Fsp3) is 0.214. The Morgan fingerprint density at radius 2 is 1.60 bits per heavy atom. The average molecular weight is 274 g/mol. The van der Waals surface area contributed by atoms with Crippen molar-refractivity contribution >= 4 is 5.97 Å². The van der Waals surface area contributed by atoms with Crippen molar-refractivity contribution in [1.82, 2.24) is 9.13 Å². The van der Waals surface area contributed by atoms with Crippen molar-refractivity contribution in [3.63, 3.8) is 0 Å². The molecule has 0 fully saturated rings. The van der Waals surface area contributed by atoms with Gasteiger partial charge in [-0.15, -0.1) is 0 Å². The second kappa shape index (κ2) is 4.80. The summed E-state index contributed by atoms with van der Waals surface area (Å²) in [7, 11) is 3.01. The largest absolute Gasteiger partial charge is 0.478 e. The van der Waals surface area contributed by atoms with E-state index in [2.05, 4.69) is 0 Å². The Morgan fingerprint density at radius 3 is 2.10 bits per heavy atom. The fourth-order valence-electron chi connectivity index (χ4n) is 2.06. The minimum absolute atomic E-state index is 0.146. The summed E-state index contributed by atoms with van der Waals surface area (Å²) in [5, 5.41) is 8.87. The third-order valence-corrected chi connectivity index (χ3v) is 3.38. The summed E-state index contributed by atoms with van der Waals surface area (Å²) in [6.45, 7) is 1.68. The summed E-state index contributed by atoms with van der Waals surface area (Å²) in [6.07, 6.45) is 0. The quantitative estimate of drug-likeness (QED) is 0.876. The van der Waals surface area contributed by atoms with Crippen molar-refractivity contribution in [1.29, 1.82) is 0 Å². The molecule has 0 saturated carbocycles. The molecule has 0 saturated heterocycles. The van der Waals surface area contributed by atoms with E-state index in [4.69, 9.17) is 5.11 Å². The number of nitrogens with zero attached hydrogens (tertiary/aromatic N) is 2. The van der Waals surface area contributed by atoms with E-state index >= 15 is 0 Å². The van der Waals surface area contributed by atoms with Gasteiger partial charge >= 0.3 is 11.7 Å². The maximum absolute atomic E-state index is 12.2. The number of hydrogen-bond donors (Lipinski definition) is 1. The molecule has 0 spiro atoms. The van der Waals surface area contributed by atoms with Gasteiger partial charge in [-0.25, -0.2) is 9.59 Å². The highest BCUT2D eigenvalue weighted by molar-refractivity contribution is 5.88. The topological polar surface area (TPSA) is 81.3 Å². The molecule has 1 aromatic heterocycles. The van der Waals surface area contributed by atoms with Crippen LogP contribution < -0.4 is 11.2 Å². The highest BCUT2D eigenvalue weighted by atomic mass is 16.4. The summed E-state index contributed by atoms with van der Waals surface area (Å²) >= 11 is 0. The van der Waals surface area contributed by atoms with Crippen LogP contribution in [-0.2, 0) is 14.1 Å². The van der Waals surface area contributed by atoms with Crippen LogP contribution in [0.2, 0.25) is 0 Å². The monoisotopic (exact) mass is 274 g/mol. The molecule has 20 heavy (non-hydrogen) atoms. The third-order valence-electron chi connectivity index (χ3n) is 3.38. The van der Waals surface area contributed by atoms with E-state index in [1.54, 1.807) is 26.1 Å². The highest BCUT2D eigenvalue weighted by Crippen LogP contribution is 2.18. The Morgan fingerprint density at radius 1 is 1.05 bits per heavy atom. The molecule has 0 bridgehead atoms. The molecule has 0 radical (unpaired) electrons. The molecule has 0 amide bonds. The van der Waals surface area contributed by atoms with E-state index in [1.165, 1.54) is 23.7 Å². The van der Waals surface area contributed by atoms with Crippen molar-refractivity contribution in [2.24, 2.45) is 14.1 Å². The van der Waals surface area contributed by atoms with Crippen LogP contribution in [0.5, 0.6) is 0 Å². The number of aromatic nitrogens is 2. The first kappa shape index (κ1) is 13.8. The summed E-state index contributed by atoms with van der Waals surface area (Å²) in [5.74, 6) is -1.03. The van der Waals surface area contributed by atoms with Gasteiger partial charge in [0.1, 0.15) is 0 Å². The van der Waals surface area contributed by atoms with Gasteiger partial charge in [0, 0.05) is 19.8 Å². The van der Waals surface area contributed by atoms with E-state index < -0.39 is 17.2 Å². The number of aromatic carboxylic acids is 1. The van der Waals surface area contributed by atoms with Crippen LogP contribution in [0.25, 0.3) is 11.1 Å². The molecule has 1 N–H and O–H groups in total. The SMILES string of the molecule is Cc1c(-c2ccc(C(=O)O)cc2)c(=O)n(C)c(=O)n1C. The second-order valence-corrected chi connectivity index (χ2v) is 4.55. The number of hydrogen-bond acceptors (Lipinski definition) is 3.